The normalized spacial score (nSPS) is 14.6. The molecule has 4 heteroatoms. The molecule has 1 aromatic heterocycles. The summed E-state index contributed by atoms with van der Waals surface area (Å²) in [5, 5.41) is 4.43. The fraction of sp³-hybridized carbons (Fsp3) is 0.348. The van der Waals surface area contributed by atoms with Crippen molar-refractivity contribution in [1.29, 1.82) is 0 Å². The zero-order valence-electron chi connectivity index (χ0n) is 15.9. The number of nitrogens with one attached hydrogen (secondary N) is 1. The Kier molecular flexibility index (Phi) is 5.26. The van der Waals surface area contributed by atoms with Crippen LogP contribution in [-0.2, 0) is 6.42 Å². The summed E-state index contributed by atoms with van der Waals surface area (Å²) in [4.78, 5) is 14.4. The van der Waals surface area contributed by atoms with Crippen molar-refractivity contribution in [3.05, 3.63) is 59.7 Å². The van der Waals surface area contributed by atoms with Crippen LogP contribution in [-0.4, -0.2) is 37.0 Å². The quantitative estimate of drug-likeness (QED) is 0.669. The average molecular weight is 361 g/mol. The number of rotatable bonds is 6. The van der Waals surface area contributed by atoms with Crippen molar-refractivity contribution < 1.29 is 4.79 Å². The molecule has 4 rings (SSSR count). The van der Waals surface area contributed by atoms with Gasteiger partial charge in [0.25, 0.3) is 0 Å². The molecule has 27 heavy (non-hydrogen) atoms. The number of anilines is 1. The molecule has 0 saturated carbocycles. The van der Waals surface area contributed by atoms with Crippen LogP contribution in [0, 0.1) is 0 Å². The smallest absolute Gasteiger partial charge is 0.154 e. The summed E-state index contributed by atoms with van der Waals surface area (Å²) >= 11 is 0. The highest BCUT2D eigenvalue weighted by Crippen LogP contribution is 2.35. The van der Waals surface area contributed by atoms with E-state index in [1.807, 2.05) is 12.1 Å². The maximum Gasteiger partial charge on any atom is 0.154 e. The standard InChI is InChI=1S/C23H27N3O/c1-2-3-6-18-9-11-19(12-10-18)26-22-8-5-4-7-20(22)21(17-27)23(26)25-15-13-24-14-16-25/h4-5,7-12,17,24H,2-3,6,13-16H2,1H3. The molecule has 0 amide bonds. The fourth-order valence-electron chi connectivity index (χ4n) is 4.01. The second-order valence-electron chi connectivity index (χ2n) is 7.21. The Hall–Kier alpha value is -2.59. The van der Waals surface area contributed by atoms with Crippen LogP contribution in [0.4, 0.5) is 5.82 Å². The second-order valence-corrected chi connectivity index (χ2v) is 7.21. The molecule has 2 aromatic carbocycles. The second kappa shape index (κ2) is 7.97. The summed E-state index contributed by atoms with van der Waals surface area (Å²) in [6, 6.07) is 17.1. The summed E-state index contributed by atoms with van der Waals surface area (Å²) in [6.07, 6.45) is 4.56. The van der Waals surface area contributed by atoms with Crippen LogP contribution in [0.5, 0.6) is 0 Å². The molecule has 1 aliphatic heterocycles. The van der Waals surface area contributed by atoms with Gasteiger partial charge >= 0.3 is 0 Å². The molecule has 1 N–H and O–H groups in total. The summed E-state index contributed by atoms with van der Waals surface area (Å²) in [7, 11) is 0. The Morgan fingerprint density at radius 1 is 1.04 bits per heavy atom. The SMILES string of the molecule is CCCCc1ccc(-n2c(N3CCNCC3)c(C=O)c3ccccc32)cc1. The van der Waals surface area contributed by atoms with Crippen molar-refractivity contribution in [2.24, 2.45) is 0 Å². The van der Waals surface area contributed by atoms with Crippen molar-refractivity contribution in [3.8, 4) is 5.69 Å². The molecular weight excluding hydrogens is 334 g/mol. The van der Waals surface area contributed by atoms with E-state index in [-0.39, 0.29) is 0 Å². The summed E-state index contributed by atoms with van der Waals surface area (Å²) in [5.74, 6) is 1.02. The van der Waals surface area contributed by atoms with Gasteiger partial charge in [-0.05, 0) is 36.6 Å². The first-order valence-corrected chi connectivity index (χ1v) is 9.97. The summed E-state index contributed by atoms with van der Waals surface area (Å²) in [6.45, 7) is 5.92. The van der Waals surface area contributed by atoms with E-state index in [1.54, 1.807) is 0 Å². The van der Waals surface area contributed by atoms with Crippen molar-refractivity contribution in [2.75, 3.05) is 31.1 Å². The van der Waals surface area contributed by atoms with Gasteiger partial charge in [0.15, 0.2) is 6.29 Å². The largest absolute Gasteiger partial charge is 0.355 e. The molecule has 3 aromatic rings. The average Bonchev–Trinajstić information content (AvgIpc) is 3.07. The number of aldehydes is 1. The number of fused-ring (bicyclic) bond motifs is 1. The summed E-state index contributed by atoms with van der Waals surface area (Å²) in [5.41, 5.74) is 4.38. The van der Waals surface area contributed by atoms with Crippen molar-refractivity contribution in [2.45, 2.75) is 26.2 Å². The van der Waals surface area contributed by atoms with Crippen LogP contribution in [0.3, 0.4) is 0 Å². The first-order chi connectivity index (χ1) is 13.3. The summed E-state index contributed by atoms with van der Waals surface area (Å²) < 4.78 is 2.26. The molecule has 2 heterocycles. The van der Waals surface area contributed by atoms with Crippen LogP contribution in [0.2, 0.25) is 0 Å². The maximum absolute atomic E-state index is 12.0. The highest BCUT2D eigenvalue weighted by Gasteiger charge is 2.23. The lowest BCUT2D eigenvalue weighted by atomic mass is 10.1. The van der Waals surface area contributed by atoms with Crippen LogP contribution >= 0.6 is 0 Å². The van der Waals surface area contributed by atoms with Gasteiger partial charge in [-0.15, -0.1) is 0 Å². The minimum absolute atomic E-state index is 0.794. The Labute approximate surface area is 160 Å². The highest BCUT2D eigenvalue weighted by atomic mass is 16.1. The zero-order valence-corrected chi connectivity index (χ0v) is 15.9. The lowest BCUT2D eigenvalue weighted by Gasteiger charge is -2.31. The number of carbonyl (C=O) groups excluding carboxylic acids is 1. The highest BCUT2D eigenvalue weighted by molar-refractivity contribution is 6.05. The van der Waals surface area contributed by atoms with Gasteiger partial charge in [0, 0.05) is 37.3 Å². The van der Waals surface area contributed by atoms with Gasteiger partial charge < -0.3 is 10.2 Å². The molecule has 4 nitrogen and oxygen atoms in total. The lowest BCUT2D eigenvalue weighted by Crippen LogP contribution is -2.44. The molecule has 1 aliphatic rings. The maximum atomic E-state index is 12.0. The van der Waals surface area contributed by atoms with E-state index in [9.17, 15) is 4.79 Å². The van der Waals surface area contributed by atoms with Gasteiger partial charge in [-0.3, -0.25) is 9.36 Å². The number of aromatic nitrogens is 1. The minimum Gasteiger partial charge on any atom is -0.355 e. The lowest BCUT2D eigenvalue weighted by molar-refractivity contribution is 0.112. The van der Waals surface area contributed by atoms with Crippen LogP contribution in [0.25, 0.3) is 16.6 Å². The van der Waals surface area contributed by atoms with Gasteiger partial charge in [0.2, 0.25) is 0 Å². The topological polar surface area (TPSA) is 37.3 Å². The molecule has 140 valence electrons. The Morgan fingerprint density at radius 2 is 1.78 bits per heavy atom. The third-order valence-corrected chi connectivity index (χ3v) is 5.44. The van der Waals surface area contributed by atoms with Crippen molar-refractivity contribution in [3.63, 3.8) is 0 Å². The Morgan fingerprint density at radius 3 is 2.48 bits per heavy atom. The number of unbranched alkanes of at least 4 members (excludes halogenated alkanes) is 1. The van der Waals surface area contributed by atoms with E-state index in [2.05, 4.69) is 58.1 Å². The molecule has 0 unspecified atom stereocenters. The zero-order chi connectivity index (χ0) is 18.6. The van der Waals surface area contributed by atoms with Crippen LogP contribution in [0.1, 0.15) is 35.7 Å². The fourth-order valence-corrected chi connectivity index (χ4v) is 4.01. The monoisotopic (exact) mass is 361 g/mol. The number of hydrogen-bond donors (Lipinski definition) is 1. The third kappa shape index (κ3) is 3.37. The van der Waals surface area contributed by atoms with Gasteiger partial charge in [0.05, 0.1) is 11.1 Å². The van der Waals surface area contributed by atoms with Gasteiger partial charge in [0.1, 0.15) is 5.82 Å². The molecule has 1 fully saturated rings. The first kappa shape index (κ1) is 17.8. The van der Waals surface area contributed by atoms with E-state index >= 15 is 0 Å². The number of nitrogens with zero attached hydrogens (tertiary/aromatic N) is 2. The number of piperazine rings is 1. The number of hydrogen-bond acceptors (Lipinski definition) is 3. The first-order valence-electron chi connectivity index (χ1n) is 9.97. The Bertz CT molecular complexity index is 921. The number of carbonyl (C=O) groups is 1. The molecule has 0 bridgehead atoms. The van der Waals surface area contributed by atoms with Crippen LogP contribution < -0.4 is 10.2 Å². The third-order valence-electron chi connectivity index (χ3n) is 5.44. The van der Waals surface area contributed by atoms with E-state index < -0.39 is 0 Å². The van der Waals surface area contributed by atoms with Gasteiger partial charge in [-0.25, -0.2) is 0 Å². The number of benzene rings is 2. The number of aryl methyl sites for hydroxylation is 1. The predicted molar refractivity (Wildman–Crippen MR) is 112 cm³/mol. The van der Waals surface area contributed by atoms with Crippen molar-refractivity contribution in [1.82, 2.24) is 9.88 Å². The van der Waals surface area contributed by atoms with Crippen LogP contribution in [0.15, 0.2) is 48.5 Å². The Balaban J connectivity index is 1.86. The van der Waals surface area contributed by atoms with Crippen molar-refractivity contribution >= 4 is 23.0 Å². The molecule has 0 radical (unpaired) electrons. The van der Waals surface area contributed by atoms with Gasteiger partial charge in [-0.1, -0.05) is 43.7 Å². The van der Waals surface area contributed by atoms with E-state index in [0.717, 1.165) is 66.9 Å². The predicted octanol–water partition coefficient (Wildman–Crippen LogP) is 4.20. The molecule has 0 spiro atoms. The van der Waals surface area contributed by atoms with E-state index in [0.29, 0.717) is 0 Å². The van der Waals surface area contributed by atoms with E-state index in [1.165, 1.54) is 18.4 Å². The molecule has 1 saturated heterocycles. The minimum atomic E-state index is 0.794. The van der Waals surface area contributed by atoms with E-state index in [4.69, 9.17) is 0 Å². The van der Waals surface area contributed by atoms with Gasteiger partial charge in [-0.2, -0.15) is 0 Å². The molecular formula is C23H27N3O. The number of para-hydroxylation sites is 1. The molecule has 0 atom stereocenters. The molecule has 0 aliphatic carbocycles.